The normalized spacial score (nSPS) is 33.5. The lowest BCUT2D eigenvalue weighted by atomic mass is 10.0. The van der Waals surface area contributed by atoms with Crippen molar-refractivity contribution in [1.29, 1.82) is 0 Å². The zero-order chi connectivity index (χ0) is 16.5. The average Bonchev–Trinajstić information content (AvgIpc) is 2.61. The monoisotopic (exact) mass is 312 g/mol. The van der Waals surface area contributed by atoms with Gasteiger partial charge in [0.05, 0.1) is 13.2 Å². The van der Waals surface area contributed by atoms with Crippen LogP contribution in [0.15, 0.2) is 11.6 Å². The van der Waals surface area contributed by atoms with Gasteiger partial charge in [-0.3, -0.25) is 4.90 Å². The Morgan fingerprint density at radius 1 is 1.27 bits per heavy atom. The van der Waals surface area contributed by atoms with Gasteiger partial charge in [-0.25, -0.2) is 0 Å². The third-order valence-corrected chi connectivity index (χ3v) is 4.78. The van der Waals surface area contributed by atoms with Crippen molar-refractivity contribution >= 4 is 0 Å². The van der Waals surface area contributed by atoms with Crippen LogP contribution in [-0.2, 0) is 4.74 Å². The fraction of sp³-hybridized carbons (Fsp3) is 0.895. The van der Waals surface area contributed by atoms with E-state index in [4.69, 9.17) is 4.74 Å². The van der Waals surface area contributed by atoms with E-state index in [0.29, 0.717) is 17.9 Å². The van der Waals surface area contributed by atoms with Crippen LogP contribution in [0.4, 0.5) is 0 Å². The molecular weight excluding hydrogens is 272 g/mol. The molecule has 2 aliphatic heterocycles. The summed E-state index contributed by atoms with van der Waals surface area (Å²) in [6.45, 7) is 18.9. The van der Waals surface area contributed by atoms with Gasteiger partial charge >= 0.3 is 0 Å². The summed E-state index contributed by atoms with van der Waals surface area (Å²) in [5.74, 6) is 1.22. The minimum absolute atomic E-state index is 0. The van der Waals surface area contributed by atoms with Crippen molar-refractivity contribution in [2.24, 2.45) is 11.8 Å². The molecule has 0 aliphatic carbocycles. The molecule has 0 aromatic rings. The summed E-state index contributed by atoms with van der Waals surface area (Å²) in [6, 6.07) is 1.46. The standard InChI is InChI=1S/C10H22N2.C9H16O.H2/c1-4-6-12-8-9(3)11-7-10(12)5-2;1-7-4-8(2)9(3)6-10-5-7;/h9-11H,4-8H2,1-3H3;4,7,9H,5-6H2,1-3H3;1H/t9-,10+;7-,9+;/m10./s1. The molecule has 3 nitrogen and oxygen atoms in total. The topological polar surface area (TPSA) is 24.5 Å². The molecule has 2 heterocycles. The molecule has 2 aliphatic rings. The Kier molecular flexibility index (Phi) is 9.30. The summed E-state index contributed by atoms with van der Waals surface area (Å²) in [6.07, 6.45) is 4.88. The lowest BCUT2D eigenvalue weighted by Gasteiger charge is -2.38. The molecule has 0 unspecified atom stereocenters. The molecular formula is C19H40N2O. The Balaban J connectivity index is 0.000000409. The van der Waals surface area contributed by atoms with E-state index in [9.17, 15) is 0 Å². The summed E-state index contributed by atoms with van der Waals surface area (Å²) in [4.78, 5) is 2.63. The molecule has 0 spiro atoms. The van der Waals surface area contributed by atoms with E-state index in [1.807, 2.05) is 0 Å². The molecule has 0 saturated carbocycles. The van der Waals surface area contributed by atoms with Crippen molar-refractivity contribution in [3.63, 3.8) is 0 Å². The van der Waals surface area contributed by atoms with Gasteiger partial charge in [-0.05, 0) is 39.2 Å². The van der Waals surface area contributed by atoms with Gasteiger partial charge in [-0.1, -0.05) is 39.3 Å². The van der Waals surface area contributed by atoms with E-state index in [1.165, 1.54) is 38.0 Å². The van der Waals surface area contributed by atoms with E-state index in [-0.39, 0.29) is 1.43 Å². The lowest BCUT2D eigenvalue weighted by molar-refractivity contribution is 0.106. The van der Waals surface area contributed by atoms with Crippen LogP contribution in [0.5, 0.6) is 0 Å². The second kappa shape index (κ2) is 10.4. The van der Waals surface area contributed by atoms with Gasteiger partial charge in [0.15, 0.2) is 0 Å². The molecule has 0 radical (unpaired) electrons. The predicted octanol–water partition coefficient (Wildman–Crippen LogP) is 3.95. The zero-order valence-corrected chi connectivity index (χ0v) is 15.7. The first-order chi connectivity index (χ1) is 10.5. The van der Waals surface area contributed by atoms with Crippen LogP contribution in [0.2, 0.25) is 0 Å². The fourth-order valence-corrected chi connectivity index (χ4v) is 3.22. The third kappa shape index (κ3) is 6.80. The quantitative estimate of drug-likeness (QED) is 0.799. The fourth-order valence-electron chi connectivity index (χ4n) is 3.22. The second-order valence-electron chi connectivity index (χ2n) is 7.19. The molecule has 22 heavy (non-hydrogen) atoms. The number of hydrogen-bond acceptors (Lipinski definition) is 3. The maximum atomic E-state index is 5.44. The molecule has 4 atom stereocenters. The highest BCUT2D eigenvalue weighted by atomic mass is 16.5. The molecule has 1 N–H and O–H groups in total. The number of nitrogens with one attached hydrogen (secondary N) is 1. The Labute approximate surface area is 140 Å². The molecule has 0 aromatic carbocycles. The van der Waals surface area contributed by atoms with E-state index < -0.39 is 0 Å². The van der Waals surface area contributed by atoms with Gasteiger partial charge in [0.25, 0.3) is 0 Å². The Bertz CT molecular complexity index is 335. The van der Waals surface area contributed by atoms with Gasteiger partial charge in [-0.2, -0.15) is 0 Å². The van der Waals surface area contributed by atoms with Gasteiger partial charge in [0, 0.05) is 32.5 Å². The summed E-state index contributed by atoms with van der Waals surface area (Å²) < 4.78 is 5.44. The summed E-state index contributed by atoms with van der Waals surface area (Å²) in [5.41, 5.74) is 1.48. The first-order valence-corrected chi connectivity index (χ1v) is 9.21. The van der Waals surface area contributed by atoms with Crippen LogP contribution < -0.4 is 5.32 Å². The molecule has 132 valence electrons. The first-order valence-electron chi connectivity index (χ1n) is 9.21. The molecule has 1 saturated heterocycles. The maximum absolute atomic E-state index is 5.44. The first kappa shape index (κ1) is 19.7. The SMILES string of the molecule is CC1=C[C@H](C)COC[C@H]1C.CCCN1C[C@@H](C)NC[C@@H]1CC.[HH]. The van der Waals surface area contributed by atoms with E-state index >= 15 is 0 Å². The lowest BCUT2D eigenvalue weighted by Crippen LogP contribution is -2.55. The Morgan fingerprint density at radius 3 is 2.64 bits per heavy atom. The third-order valence-electron chi connectivity index (χ3n) is 4.78. The molecule has 1 fully saturated rings. The highest BCUT2D eigenvalue weighted by Crippen LogP contribution is 2.17. The largest absolute Gasteiger partial charge is 0.380 e. The number of hydrogen-bond donors (Lipinski definition) is 1. The molecule has 0 aromatic heterocycles. The van der Waals surface area contributed by atoms with Crippen LogP contribution in [0, 0.1) is 11.8 Å². The van der Waals surface area contributed by atoms with Crippen LogP contribution in [-0.4, -0.2) is 49.8 Å². The van der Waals surface area contributed by atoms with Crippen molar-refractivity contribution in [3.05, 3.63) is 11.6 Å². The van der Waals surface area contributed by atoms with E-state index in [1.54, 1.807) is 0 Å². The molecule has 2 rings (SSSR count). The Hall–Kier alpha value is -0.380. The van der Waals surface area contributed by atoms with Crippen molar-refractivity contribution in [3.8, 4) is 0 Å². The van der Waals surface area contributed by atoms with Crippen molar-refractivity contribution in [1.82, 2.24) is 10.2 Å². The van der Waals surface area contributed by atoms with Gasteiger partial charge in [-0.15, -0.1) is 0 Å². The van der Waals surface area contributed by atoms with Gasteiger partial charge < -0.3 is 10.1 Å². The van der Waals surface area contributed by atoms with Crippen LogP contribution in [0.3, 0.4) is 0 Å². The highest BCUT2D eigenvalue weighted by Gasteiger charge is 2.22. The van der Waals surface area contributed by atoms with Crippen molar-refractivity contribution in [2.75, 3.05) is 32.8 Å². The number of nitrogens with zero attached hydrogens (tertiary/aromatic N) is 1. The number of ether oxygens (including phenoxy) is 1. The number of piperazine rings is 1. The minimum atomic E-state index is 0. The van der Waals surface area contributed by atoms with Crippen LogP contribution in [0.25, 0.3) is 0 Å². The summed E-state index contributed by atoms with van der Waals surface area (Å²) in [7, 11) is 0. The molecule has 0 amide bonds. The second-order valence-corrected chi connectivity index (χ2v) is 7.19. The van der Waals surface area contributed by atoms with Crippen LogP contribution in [0.1, 0.15) is 55.8 Å². The summed E-state index contributed by atoms with van der Waals surface area (Å²) in [5, 5.41) is 3.53. The predicted molar refractivity (Wildman–Crippen MR) is 98.4 cm³/mol. The molecule has 3 heteroatoms. The maximum Gasteiger partial charge on any atom is 0.0528 e. The summed E-state index contributed by atoms with van der Waals surface area (Å²) >= 11 is 0. The van der Waals surface area contributed by atoms with Gasteiger partial charge in [0.1, 0.15) is 0 Å². The molecule has 0 bridgehead atoms. The van der Waals surface area contributed by atoms with Crippen LogP contribution >= 0.6 is 0 Å². The van der Waals surface area contributed by atoms with Crippen molar-refractivity contribution < 1.29 is 6.16 Å². The minimum Gasteiger partial charge on any atom is -0.380 e. The number of rotatable bonds is 3. The Morgan fingerprint density at radius 2 is 2.00 bits per heavy atom. The van der Waals surface area contributed by atoms with Gasteiger partial charge in [0.2, 0.25) is 0 Å². The van der Waals surface area contributed by atoms with E-state index in [2.05, 4.69) is 57.8 Å². The highest BCUT2D eigenvalue weighted by molar-refractivity contribution is 5.05. The smallest absolute Gasteiger partial charge is 0.0528 e. The van der Waals surface area contributed by atoms with E-state index in [0.717, 1.165) is 19.3 Å². The zero-order valence-electron chi connectivity index (χ0n) is 15.7. The average molecular weight is 313 g/mol. The van der Waals surface area contributed by atoms with Crippen molar-refractivity contribution in [2.45, 2.75) is 66.5 Å².